The van der Waals surface area contributed by atoms with Crippen molar-refractivity contribution in [3.8, 4) is 5.75 Å². The van der Waals surface area contributed by atoms with Crippen molar-refractivity contribution in [1.29, 1.82) is 0 Å². The number of nitrogens with zero attached hydrogens (tertiary/aromatic N) is 1. The molecule has 3 fully saturated rings. The zero-order valence-corrected chi connectivity index (χ0v) is 20.7. The molecule has 1 amide bonds. The molecule has 0 bridgehead atoms. The molecule has 2 saturated carbocycles. The Labute approximate surface area is 208 Å². The van der Waals surface area contributed by atoms with Crippen molar-refractivity contribution >= 4 is 16.7 Å². The monoisotopic (exact) mass is 468 g/mol. The van der Waals surface area contributed by atoms with E-state index in [-0.39, 0.29) is 17.4 Å². The molecule has 1 aliphatic heterocycles. The second kappa shape index (κ2) is 9.31. The summed E-state index contributed by atoms with van der Waals surface area (Å²) >= 11 is 0. The van der Waals surface area contributed by atoms with E-state index < -0.39 is 0 Å². The third kappa shape index (κ3) is 4.56. The van der Waals surface area contributed by atoms with E-state index in [2.05, 4.69) is 46.6 Å². The van der Waals surface area contributed by atoms with Crippen LogP contribution in [0.15, 0.2) is 66.7 Å². The Morgan fingerprint density at radius 2 is 1.86 bits per heavy atom. The molecule has 0 unspecified atom stereocenters. The van der Waals surface area contributed by atoms with Gasteiger partial charge in [0.05, 0.1) is 7.11 Å². The van der Waals surface area contributed by atoms with Crippen LogP contribution in [0.4, 0.5) is 0 Å². The summed E-state index contributed by atoms with van der Waals surface area (Å²) in [5.74, 6) is 2.53. The molecule has 1 heterocycles. The summed E-state index contributed by atoms with van der Waals surface area (Å²) in [5, 5.41) is 5.70. The summed E-state index contributed by atoms with van der Waals surface area (Å²) in [7, 11) is 1.75. The number of benzene rings is 3. The molecule has 3 aromatic rings. The molecule has 1 N–H and O–H groups in total. The standard InChI is InChI=1S/C31H36N2O2/c1-35-29-8-4-7-26(18-29)31-15-16-33(20-22-9-10-22)21-27(31)13-14-28(19-31)32-30(34)25-12-11-23-5-2-3-6-24(23)17-25/h2-8,11-12,17-18,22,27-28H,9-10,13-16,19-21H2,1H3,(H,32,34)/t27-,28-,31+/m1/s1. The van der Waals surface area contributed by atoms with Gasteiger partial charge in [-0.15, -0.1) is 0 Å². The smallest absolute Gasteiger partial charge is 0.251 e. The van der Waals surface area contributed by atoms with E-state index in [1.807, 2.05) is 30.3 Å². The highest BCUT2D eigenvalue weighted by Gasteiger charge is 2.48. The van der Waals surface area contributed by atoms with Gasteiger partial charge >= 0.3 is 0 Å². The van der Waals surface area contributed by atoms with E-state index >= 15 is 0 Å². The molecule has 182 valence electrons. The van der Waals surface area contributed by atoms with Crippen molar-refractivity contribution < 1.29 is 9.53 Å². The van der Waals surface area contributed by atoms with Crippen LogP contribution < -0.4 is 10.1 Å². The van der Waals surface area contributed by atoms with Crippen LogP contribution in [0.2, 0.25) is 0 Å². The molecule has 3 aromatic carbocycles. The molecular weight excluding hydrogens is 432 g/mol. The van der Waals surface area contributed by atoms with Crippen molar-refractivity contribution in [2.75, 3.05) is 26.7 Å². The van der Waals surface area contributed by atoms with Gasteiger partial charge in [-0.3, -0.25) is 4.79 Å². The Morgan fingerprint density at radius 3 is 2.69 bits per heavy atom. The lowest BCUT2D eigenvalue weighted by Crippen LogP contribution is -2.56. The normalized spacial score (nSPS) is 26.8. The number of ether oxygens (including phenoxy) is 1. The third-order valence-electron chi connectivity index (χ3n) is 8.81. The van der Waals surface area contributed by atoms with Crippen LogP contribution in [0.25, 0.3) is 10.8 Å². The van der Waals surface area contributed by atoms with E-state index in [0.717, 1.165) is 54.8 Å². The van der Waals surface area contributed by atoms with Crippen LogP contribution in [0.1, 0.15) is 54.4 Å². The van der Waals surface area contributed by atoms with Crippen LogP contribution in [0.3, 0.4) is 0 Å². The van der Waals surface area contributed by atoms with Gasteiger partial charge in [0, 0.05) is 30.1 Å². The number of fused-ring (bicyclic) bond motifs is 2. The van der Waals surface area contributed by atoms with Crippen molar-refractivity contribution in [2.24, 2.45) is 11.8 Å². The predicted octanol–water partition coefficient (Wildman–Crippen LogP) is 5.80. The SMILES string of the molecule is COc1cccc([C@@]23CCN(CC4CC4)C[C@H]2CC[C@@H](NC(=O)c2ccc4ccccc4c2)C3)c1. The molecule has 0 radical (unpaired) electrons. The van der Waals surface area contributed by atoms with E-state index in [4.69, 9.17) is 4.74 Å². The number of nitrogens with one attached hydrogen (secondary N) is 1. The van der Waals surface area contributed by atoms with Gasteiger partial charge < -0.3 is 15.0 Å². The topological polar surface area (TPSA) is 41.6 Å². The number of hydrogen-bond donors (Lipinski definition) is 1. The van der Waals surface area contributed by atoms with Crippen LogP contribution >= 0.6 is 0 Å². The molecule has 1 saturated heterocycles. The molecule has 2 aliphatic carbocycles. The fourth-order valence-corrected chi connectivity index (χ4v) is 6.70. The minimum Gasteiger partial charge on any atom is -0.497 e. The largest absolute Gasteiger partial charge is 0.497 e. The highest BCUT2D eigenvalue weighted by Crippen LogP contribution is 2.50. The number of carbonyl (C=O) groups is 1. The fraction of sp³-hybridized carbons (Fsp3) is 0.452. The van der Waals surface area contributed by atoms with Crippen LogP contribution in [-0.4, -0.2) is 43.6 Å². The molecule has 0 spiro atoms. The van der Waals surface area contributed by atoms with Gasteiger partial charge in [0.1, 0.15) is 5.75 Å². The Kier molecular flexibility index (Phi) is 6.01. The number of hydrogen-bond acceptors (Lipinski definition) is 3. The first-order chi connectivity index (χ1) is 17.1. The number of piperidine rings is 1. The lowest BCUT2D eigenvalue weighted by Gasteiger charge is -2.53. The summed E-state index contributed by atoms with van der Waals surface area (Å²) in [6.07, 6.45) is 7.17. The van der Waals surface area contributed by atoms with Gasteiger partial charge in [0.15, 0.2) is 0 Å². The van der Waals surface area contributed by atoms with Gasteiger partial charge in [-0.05, 0) is 97.5 Å². The lowest BCUT2D eigenvalue weighted by molar-refractivity contribution is 0.0403. The van der Waals surface area contributed by atoms with Gasteiger partial charge in [-0.1, -0.05) is 42.5 Å². The summed E-state index contributed by atoms with van der Waals surface area (Å²) in [5.41, 5.74) is 2.23. The van der Waals surface area contributed by atoms with E-state index in [0.29, 0.717) is 5.92 Å². The summed E-state index contributed by atoms with van der Waals surface area (Å²) in [6.45, 7) is 3.60. The molecule has 6 rings (SSSR count). The van der Waals surface area contributed by atoms with Crippen molar-refractivity contribution in [2.45, 2.75) is 50.0 Å². The highest BCUT2D eigenvalue weighted by molar-refractivity contribution is 5.98. The molecule has 3 aliphatic rings. The Bertz CT molecular complexity index is 1220. The van der Waals surface area contributed by atoms with Crippen molar-refractivity contribution in [3.63, 3.8) is 0 Å². The van der Waals surface area contributed by atoms with E-state index in [1.165, 1.54) is 36.9 Å². The minimum atomic E-state index is 0.0474. The van der Waals surface area contributed by atoms with Crippen LogP contribution in [-0.2, 0) is 5.41 Å². The first-order valence-corrected chi connectivity index (χ1v) is 13.3. The number of rotatable bonds is 6. The maximum absolute atomic E-state index is 13.3. The first-order valence-electron chi connectivity index (χ1n) is 13.3. The maximum Gasteiger partial charge on any atom is 0.251 e. The molecule has 4 nitrogen and oxygen atoms in total. The predicted molar refractivity (Wildman–Crippen MR) is 141 cm³/mol. The first kappa shape index (κ1) is 22.6. The fourth-order valence-electron chi connectivity index (χ4n) is 6.70. The second-order valence-electron chi connectivity index (χ2n) is 11.1. The zero-order valence-electron chi connectivity index (χ0n) is 20.7. The number of carbonyl (C=O) groups excluding carboxylic acids is 1. The maximum atomic E-state index is 13.3. The number of likely N-dealkylation sites (tertiary alicyclic amines) is 1. The zero-order chi connectivity index (χ0) is 23.8. The Balaban J connectivity index is 1.24. The molecule has 0 aromatic heterocycles. The van der Waals surface area contributed by atoms with Crippen molar-refractivity contribution in [3.05, 3.63) is 77.9 Å². The second-order valence-corrected chi connectivity index (χ2v) is 11.1. The van der Waals surface area contributed by atoms with Gasteiger partial charge in [-0.25, -0.2) is 0 Å². The minimum absolute atomic E-state index is 0.0474. The van der Waals surface area contributed by atoms with Gasteiger partial charge in [0.2, 0.25) is 0 Å². The summed E-state index contributed by atoms with van der Waals surface area (Å²) in [6, 6.07) is 23.1. The van der Waals surface area contributed by atoms with Crippen LogP contribution in [0.5, 0.6) is 5.75 Å². The summed E-state index contributed by atoms with van der Waals surface area (Å²) in [4.78, 5) is 16.0. The number of methoxy groups -OCH3 is 1. The highest BCUT2D eigenvalue weighted by atomic mass is 16.5. The van der Waals surface area contributed by atoms with E-state index in [9.17, 15) is 4.79 Å². The Hall–Kier alpha value is -2.85. The van der Waals surface area contributed by atoms with E-state index in [1.54, 1.807) is 7.11 Å². The molecule has 3 atom stereocenters. The van der Waals surface area contributed by atoms with Gasteiger partial charge in [0.25, 0.3) is 5.91 Å². The summed E-state index contributed by atoms with van der Waals surface area (Å²) < 4.78 is 5.61. The average molecular weight is 469 g/mol. The van der Waals surface area contributed by atoms with Crippen LogP contribution in [0, 0.1) is 11.8 Å². The molecule has 35 heavy (non-hydrogen) atoms. The van der Waals surface area contributed by atoms with Crippen molar-refractivity contribution in [1.82, 2.24) is 10.2 Å². The molecule has 4 heteroatoms. The third-order valence-corrected chi connectivity index (χ3v) is 8.81. The Morgan fingerprint density at radius 1 is 1.00 bits per heavy atom. The average Bonchev–Trinajstić information content (AvgIpc) is 3.72. The molecular formula is C31H36N2O2. The quantitative estimate of drug-likeness (QED) is 0.497. The number of amides is 1. The van der Waals surface area contributed by atoms with Gasteiger partial charge in [-0.2, -0.15) is 0 Å². The lowest BCUT2D eigenvalue weighted by atomic mass is 9.58.